The maximum Gasteiger partial charge on any atom is 0.0971 e. The molecule has 90 valence electrons. The lowest BCUT2D eigenvalue weighted by atomic mass is 10.0. The van der Waals surface area contributed by atoms with Gasteiger partial charge < -0.3 is 5.32 Å². The molecule has 0 aliphatic rings. The second-order valence-electron chi connectivity index (χ2n) is 4.17. The van der Waals surface area contributed by atoms with Gasteiger partial charge in [-0.2, -0.15) is 5.10 Å². The van der Waals surface area contributed by atoms with Gasteiger partial charge in [-0.1, -0.05) is 22.0 Å². The standard InChI is InChI=1S/C13H16BrN3/c1-9-4-5-11(14)6-12(9)13-10(7-15-2)8-17(3)16-13/h4-6,8,15H,7H2,1-3H3. The molecule has 0 amide bonds. The lowest BCUT2D eigenvalue weighted by molar-refractivity contribution is 0.765. The molecule has 0 bridgehead atoms. The zero-order valence-corrected chi connectivity index (χ0v) is 11.9. The van der Waals surface area contributed by atoms with Gasteiger partial charge in [-0.15, -0.1) is 0 Å². The second-order valence-corrected chi connectivity index (χ2v) is 5.08. The van der Waals surface area contributed by atoms with E-state index in [2.05, 4.69) is 57.7 Å². The first-order valence-corrected chi connectivity index (χ1v) is 6.34. The van der Waals surface area contributed by atoms with E-state index in [0.717, 1.165) is 16.7 Å². The monoisotopic (exact) mass is 293 g/mol. The summed E-state index contributed by atoms with van der Waals surface area (Å²) in [5, 5.41) is 7.73. The zero-order valence-electron chi connectivity index (χ0n) is 10.3. The number of aromatic nitrogens is 2. The van der Waals surface area contributed by atoms with E-state index in [9.17, 15) is 0 Å². The Balaban J connectivity index is 2.55. The molecule has 17 heavy (non-hydrogen) atoms. The minimum absolute atomic E-state index is 0.828. The molecule has 0 aliphatic carbocycles. The molecule has 1 aromatic carbocycles. The Hall–Kier alpha value is -1.13. The first-order chi connectivity index (χ1) is 8.11. The maximum absolute atomic E-state index is 4.56. The number of hydrogen-bond donors (Lipinski definition) is 1. The molecular weight excluding hydrogens is 278 g/mol. The summed E-state index contributed by atoms with van der Waals surface area (Å²) in [6.07, 6.45) is 2.06. The van der Waals surface area contributed by atoms with Gasteiger partial charge in [0.1, 0.15) is 0 Å². The maximum atomic E-state index is 4.56. The van der Waals surface area contributed by atoms with E-state index < -0.39 is 0 Å². The Morgan fingerprint density at radius 3 is 2.88 bits per heavy atom. The van der Waals surface area contributed by atoms with Crippen molar-refractivity contribution in [3.05, 3.63) is 40.0 Å². The van der Waals surface area contributed by atoms with Crippen molar-refractivity contribution in [2.75, 3.05) is 7.05 Å². The van der Waals surface area contributed by atoms with Gasteiger partial charge in [-0.05, 0) is 31.7 Å². The number of nitrogens with zero attached hydrogens (tertiary/aromatic N) is 2. The Kier molecular flexibility index (Phi) is 3.64. The van der Waals surface area contributed by atoms with Crippen LogP contribution in [0.15, 0.2) is 28.9 Å². The van der Waals surface area contributed by atoms with Crippen LogP contribution < -0.4 is 5.32 Å². The van der Waals surface area contributed by atoms with Gasteiger partial charge in [-0.25, -0.2) is 0 Å². The van der Waals surface area contributed by atoms with Crippen LogP contribution in [0.3, 0.4) is 0 Å². The van der Waals surface area contributed by atoms with Crippen LogP contribution in [0.25, 0.3) is 11.3 Å². The average Bonchev–Trinajstić information content (AvgIpc) is 2.64. The van der Waals surface area contributed by atoms with E-state index in [-0.39, 0.29) is 0 Å². The molecule has 0 aliphatic heterocycles. The van der Waals surface area contributed by atoms with Crippen molar-refractivity contribution in [3.8, 4) is 11.3 Å². The summed E-state index contributed by atoms with van der Waals surface area (Å²) in [5.41, 5.74) is 4.70. The Morgan fingerprint density at radius 1 is 1.41 bits per heavy atom. The third kappa shape index (κ3) is 2.58. The van der Waals surface area contributed by atoms with Crippen LogP contribution in [0.1, 0.15) is 11.1 Å². The van der Waals surface area contributed by atoms with E-state index in [1.54, 1.807) is 0 Å². The largest absolute Gasteiger partial charge is 0.316 e. The fraction of sp³-hybridized carbons (Fsp3) is 0.308. The van der Waals surface area contributed by atoms with Gasteiger partial charge in [0.2, 0.25) is 0 Å². The highest BCUT2D eigenvalue weighted by Gasteiger charge is 2.11. The van der Waals surface area contributed by atoms with Crippen LogP contribution in [-0.4, -0.2) is 16.8 Å². The number of hydrogen-bond acceptors (Lipinski definition) is 2. The minimum Gasteiger partial charge on any atom is -0.316 e. The highest BCUT2D eigenvalue weighted by molar-refractivity contribution is 9.10. The lowest BCUT2D eigenvalue weighted by Crippen LogP contribution is -2.05. The summed E-state index contributed by atoms with van der Waals surface area (Å²) in [4.78, 5) is 0. The fourth-order valence-corrected chi connectivity index (χ4v) is 2.29. The van der Waals surface area contributed by atoms with Crippen LogP contribution in [0.2, 0.25) is 0 Å². The van der Waals surface area contributed by atoms with E-state index in [4.69, 9.17) is 0 Å². The molecule has 0 saturated carbocycles. The number of halogens is 1. The van der Waals surface area contributed by atoms with Crippen LogP contribution >= 0.6 is 15.9 Å². The molecule has 1 heterocycles. The van der Waals surface area contributed by atoms with Crippen molar-refractivity contribution in [2.45, 2.75) is 13.5 Å². The van der Waals surface area contributed by atoms with Gasteiger partial charge in [0, 0.05) is 35.4 Å². The van der Waals surface area contributed by atoms with E-state index in [0.29, 0.717) is 0 Å². The Bertz CT molecular complexity index is 531. The second kappa shape index (κ2) is 5.02. The Morgan fingerprint density at radius 2 is 2.18 bits per heavy atom. The number of rotatable bonds is 3. The molecule has 0 fully saturated rings. The highest BCUT2D eigenvalue weighted by Crippen LogP contribution is 2.28. The first-order valence-electron chi connectivity index (χ1n) is 5.55. The number of benzene rings is 1. The molecule has 0 atom stereocenters. The molecule has 0 radical (unpaired) electrons. The van der Waals surface area contributed by atoms with Crippen LogP contribution in [-0.2, 0) is 13.6 Å². The van der Waals surface area contributed by atoms with Gasteiger partial charge in [0.25, 0.3) is 0 Å². The van der Waals surface area contributed by atoms with Crippen molar-refractivity contribution in [3.63, 3.8) is 0 Å². The molecule has 2 rings (SSSR count). The average molecular weight is 294 g/mol. The summed E-state index contributed by atoms with van der Waals surface area (Å²) >= 11 is 3.51. The molecule has 3 nitrogen and oxygen atoms in total. The molecule has 2 aromatic rings. The summed E-state index contributed by atoms with van der Waals surface area (Å²) in [7, 11) is 3.90. The lowest BCUT2D eigenvalue weighted by Gasteiger charge is -2.06. The normalized spacial score (nSPS) is 10.8. The minimum atomic E-state index is 0.828. The number of nitrogens with one attached hydrogen (secondary N) is 1. The van der Waals surface area contributed by atoms with Crippen LogP contribution in [0.4, 0.5) is 0 Å². The zero-order chi connectivity index (χ0) is 12.4. The fourth-order valence-electron chi connectivity index (χ4n) is 1.93. The van der Waals surface area contributed by atoms with Gasteiger partial charge >= 0.3 is 0 Å². The van der Waals surface area contributed by atoms with Gasteiger partial charge in [0.15, 0.2) is 0 Å². The summed E-state index contributed by atoms with van der Waals surface area (Å²) in [5.74, 6) is 0. The topological polar surface area (TPSA) is 29.9 Å². The van der Waals surface area contributed by atoms with E-state index in [1.165, 1.54) is 16.7 Å². The van der Waals surface area contributed by atoms with Crippen molar-refractivity contribution in [1.29, 1.82) is 0 Å². The predicted molar refractivity (Wildman–Crippen MR) is 73.8 cm³/mol. The van der Waals surface area contributed by atoms with Gasteiger partial charge in [-0.3, -0.25) is 4.68 Å². The summed E-state index contributed by atoms with van der Waals surface area (Å²) in [6, 6.07) is 6.29. The van der Waals surface area contributed by atoms with E-state index >= 15 is 0 Å². The Labute approximate surface area is 110 Å². The molecular formula is C13H16BrN3. The van der Waals surface area contributed by atoms with Crippen molar-refractivity contribution in [1.82, 2.24) is 15.1 Å². The van der Waals surface area contributed by atoms with Crippen molar-refractivity contribution in [2.24, 2.45) is 7.05 Å². The highest BCUT2D eigenvalue weighted by atomic mass is 79.9. The third-order valence-corrected chi connectivity index (χ3v) is 3.22. The molecule has 1 N–H and O–H groups in total. The van der Waals surface area contributed by atoms with Crippen LogP contribution in [0, 0.1) is 6.92 Å². The van der Waals surface area contributed by atoms with Crippen LogP contribution in [0.5, 0.6) is 0 Å². The molecule has 0 spiro atoms. The molecule has 4 heteroatoms. The molecule has 0 unspecified atom stereocenters. The van der Waals surface area contributed by atoms with Crippen molar-refractivity contribution < 1.29 is 0 Å². The summed E-state index contributed by atoms with van der Waals surface area (Å²) < 4.78 is 2.95. The summed E-state index contributed by atoms with van der Waals surface area (Å²) in [6.45, 7) is 2.94. The molecule has 1 aromatic heterocycles. The SMILES string of the molecule is CNCc1cn(C)nc1-c1cc(Br)ccc1C. The van der Waals surface area contributed by atoms with Gasteiger partial charge in [0.05, 0.1) is 5.69 Å². The third-order valence-electron chi connectivity index (χ3n) is 2.73. The first kappa shape index (κ1) is 12.3. The van der Waals surface area contributed by atoms with E-state index in [1.807, 2.05) is 18.8 Å². The molecule has 0 saturated heterocycles. The predicted octanol–water partition coefficient (Wildman–Crippen LogP) is 2.88. The number of aryl methyl sites for hydroxylation is 2. The van der Waals surface area contributed by atoms with Crippen molar-refractivity contribution >= 4 is 15.9 Å². The smallest absolute Gasteiger partial charge is 0.0971 e. The quantitative estimate of drug-likeness (QED) is 0.943.